The second-order valence-electron chi connectivity index (χ2n) is 4.45. The van der Waals surface area contributed by atoms with E-state index < -0.39 is 0 Å². The highest BCUT2D eigenvalue weighted by Gasteiger charge is 2.23. The Morgan fingerprint density at radius 2 is 2.32 bits per heavy atom. The Morgan fingerprint density at radius 1 is 1.58 bits per heavy atom. The van der Waals surface area contributed by atoms with E-state index in [1.807, 2.05) is 19.1 Å². The average molecular weight is 284 g/mol. The van der Waals surface area contributed by atoms with Crippen molar-refractivity contribution >= 4 is 23.4 Å². The van der Waals surface area contributed by atoms with Crippen molar-refractivity contribution in [2.45, 2.75) is 25.8 Å². The summed E-state index contributed by atoms with van der Waals surface area (Å²) in [5.41, 5.74) is 0.846. The fraction of sp³-hybridized carbons (Fsp3) is 0.538. The monoisotopic (exact) mass is 283 g/mol. The largest absolute Gasteiger partial charge is 0.450 e. The van der Waals surface area contributed by atoms with Crippen molar-refractivity contribution < 1.29 is 9.53 Å². The van der Waals surface area contributed by atoms with E-state index in [0.717, 1.165) is 18.5 Å². The molecule has 0 spiro atoms. The lowest BCUT2D eigenvalue weighted by Crippen LogP contribution is -2.42. The lowest BCUT2D eigenvalue weighted by molar-refractivity contribution is 0.0983. The minimum absolute atomic E-state index is 0.222. The number of nitrogens with one attached hydrogen (secondary N) is 1. The third-order valence-electron chi connectivity index (χ3n) is 3.14. The van der Waals surface area contributed by atoms with Crippen LogP contribution >= 0.6 is 11.6 Å². The van der Waals surface area contributed by atoms with Crippen LogP contribution in [0.5, 0.6) is 0 Å². The number of aromatic nitrogens is 1. The van der Waals surface area contributed by atoms with Crippen molar-refractivity contribution in [1.82, 2.24) is 9.88 Å². The number of ether oxygens (including phenoxy) is 1. The van der Waals surface area contributed by atoms with E-state index in [1.165, 1.54) is 0 Å². The molecule has 0 bridgehead atoms. The predicted octanol–water partition coefficient (Wildman–Crippen LogP) is 2.77. The summed E-state index contributed by atoms with van der Waals surface area (Å²) in [6.07, 6.45) is 3.20. The molecule has 5 nitrogen and oxygen atoms in total. The van der Waals surface area contributed by atoms with Gasteiger partial charge in [0.15, 0.2) is 5.15 Å². The molecule has 1 aliphatic heterocycles. The van der Waals surface area contributed by atoms with Gasteiger partial charge in [-0.3, -0.25) is 0 Å². The number of anilines is 1. The van der Waals surface area contributed by atoms with Crippen LogP contribution in [0.4, 0.5) is 10.5 Å². The molecule has 19 heavy (non-hydrogen) atoms. The normalized spacial score (nSPS) is 16.2. The number of carbonyl (C=O) groups excluding carboxylic acids is 1. The Kier molecular flexibility index (Phi) is 4.85. The standard InChI is InChI=1S/C13H18ClN3O2/c1-2-19-13(18)17-8-5-10(6-9-17)16-11-4-3-7-15-12(11)14/h3-4,7,10,16H,2,5-6,8-9H2,1H3. The molecule has 2 heterocycles. The first-order chi connectivity index (χ1) is 9.20. The molecule has 1 aromatic rings. The van der Waals surface area contributed by atoms with Gasteiger partial charge in [0.05, 0.1) is 12.3 Å². The third-order valence-corrected chi connectivity index (χ3v) is 3.44. The lowest BCUT2D eigenvalue weighted by Gasteiger charge is -2.32. The van der Waals surface area contributed by atoms with Gasteiger partial charge in [0.1, 0.15) is 0 Å². The van der Waals surface area contributed by atoms with Gasteiger partial charge in [0.25, 0.3) is 0 Å². The summed E-state index contributed by atoms with van der Waals surface area (Å²) >= 11 is 6.01. The van der Waals surface area contributed by atoms with Crippen LogP contribution in [0, 0.1) is 0 Å². The van der Waals surface area contributed by atoms with Crippen LogP contribution in [0.2, 0.25) is 5.15 Å². The maximum absolute atomic E-state index is 11.6. The van der Waals surface area contributed by atoms with Gasteiger partial charge in [0.2, 0.25) is 0 Å². The van der Waals surface area contributed by atoms with E-state index in [4.69, 9.17) is 16.3 Å². The van der Waals surface area contributed by atoms with Gasteiger partial charge in [-0.1, -0.05) is 11.6 Å². The number of carbonyl (C=O) groups is 1. The Balaban J connectivity index is 1.84. The molecule has 0 aromatic carbocycles. The second kappa shape index (κ2) is 6.61. The van der Waals surface area contributed by atoms with Gasteiger partial charge in [0, 0.05) is 25.3 Å². The smallest absolute Gasteiger partial charge is 0.409 e. The summed E-state index contributed by atoms with van der Waals surface area (Å²) in [5.74, 6) is 0. The summed E-state index contributed by atoms with van der Waals surface area (Å²) in [4.78, 5) is 17.3. The first-order valence-electron chi connectivity index (χ1n) is 6.49. The number of rotatable bonds is 3. The quantitative estimate of drug-likeness (QED) is 0.867. The summed E-state index contributed by atoms with van der Waals surface area (Å²) in [6.45, 7) is 3.64. The van der Waals surface area contributed by atoms with Crippen LogP contribution in [-0.4, -0.2) is 41.7 Å². The Labute approximate surface area is 117 Å². The number of pyridine rings is 1. The number of halogens is 1. The van der Waals surface area contributed by atoms with Gasteiger partial charge < -0.3 is 15.0 Å². The molecule has 0 radical (unpaired) electrons. The zero-order valence-corrected chi connectivity index (χ0v) is 11.7. The van der Waals surface area contributed by atoms with Gasteiger partial charge in [-0.2, -0.15) is 0 Å². The first kappa shape index (κ1) is 13.9. The molecule has 104 valence electrons. The molecular formula is C13H18ClN3O2. The molecular weight excluding hydrogens is 266 g/mol. The second-order valence-corrected chi connectivity index (χ2v) is 4.80. The molecule has 1 amide bonds. The maximum Gasteiger partial charge on any atom is 0.409 e. The Bertz CT molecular complexity index is 434. The van der Waals surface area contributed by atoms with Gasteiger partial charge >= 0.3 is 6.09 Å². The van der Waals surface area contributed by atoms with Crippen LogP contribution in [0.25, 0.3) is 0 Å². The fourth-order valence-corrected chi connectivity index (χ4v) is 2.31. The van der Waals surface area contributed by atoms with Crippen molar-refractivity contribution in [3.05, 3.63) is 23.5 Å². The van der Waals surface area contributed by atoms with E-state index in [2.05, 4.69) is 10.3 Å². The molecule has 0 aliphatic carbocycles. The molecule has 1 N–H and O–H groups in total. The van der Waals surface area contributed by atoms with Crippen LogP contribution in [-0.2, 0) is 4.74 Å². The van der Waals surface area contributed by atoms with Gasteiger partial charge in [-0.05, 0) is 31.9 Å². The van der Waals surface area contributed by atoms with Gasteiger partial charge in [-0.25, -0.2) is 9.78 Å². The molecule has 0 atom stereocenters. The van der Waals surface area contributed by atoms with Crippen molar-refractivity contribution in [3.8, 4) is 0 Å². The van der Waals surface area contributed by atoms with E-state index in [1.54, 1.807) is 11.1 Å². The molecule has 2 rings (SSSR count). The van der Waals surface area contributed by atoms with Crippen molar-refractivity contribution in [3.63, 3.8) is 0 Å². The number of nitrogens with zero attached hydrogens (tertiary/aromatic N) is 2. The van der Waals surface area contributed by atoms with E-state index in [0.29, 0.717) is 30.9 Å². The van der Waals surface area contributed by atoms with Crippen LogP contribution < -0.4 is 5.32 Å². The number of amides is 1. The summed E-state index contributed by atoms with van der Waals surface area (Å²) in [6, 6.07) is 4.07. The van der Waals surface area contributed by atoms with Crippen molar-refractivity contribution in [2.75, 3.05) is 25.0 Å². The molecule has 0 saturated carbocycles. The summed E-state index contributed by atoms with van der Waals surface area (Å²) in [7, 11) is 0. The minimum Gasteiger partial charge on any atom is -0.450 e. The van der Waals surface area contributed by atoms with Crippen molar-refractivity contribution in [1.29, 1.82) is 0 Å². The lowest BCUT2D eigenvalue weighted by atomic mass is 10.1. The van der Waals surface area contributed by atoms with E-state index >= 15 is 0 Å². The topological polar surface area (TPSA) is 54.5 Å². The Morgan fingerprint density at radius 3 is 2.95 bits per heavy atom. The summed E-state index contributed by atoms with van der Waals surface area (Å²) < 4.78 is 4.99. The molecule has 1 fully saturated rings. The molecule has 0 unspecified atom stereocenters. The highest BCUT2D eigenvalue weighted by atomic mass is 35.5. The Hall–Kier alpha value is -1.49. The predicted molar refractivity (Wildman–Crippen MR) is 74.5 cm³/mol. The van der Waals surface area contributed by atoms with Crippen LogP contribution in [0.3, 0.4) is 0 Å². The van der Waals surface area contributed by atoms with Crippen LogP contribution in [0.1, 0.15) is 19.8 Å². The third kappa shape index (κ3) is 3.73. The number of hydrogen-bond acceptors (Lipinski definition) is 4. The van der Waals surface area contributed by atoms with Gasteiger partial charge in [-0.15, -0.1) is 0 Å². The number of likely N-dealkylation sites (tertiary alicyclic amines) is 1. The number of piperidine rings is 1. The highest BCUT2D eigenvalue weighted by molar-refractivity contribution is 6.31. The fourth-order valence-electron chi connectivity index (χ4n) is 2.13. The van der Waals surface area contributed by atoms with E-state index in [-0.39, 0.29) is 6.09 Å². The number of hydrogen-bond donors (Lipinski definition) is 1. The van der Waals surface area contributed by atoms with Crippen molar-refractivity contribution in [2.24, 2.45) is 0 Å². The zero-order chi connectivity index (χ0) is 13.7. The average Bonchev–Trinajstić information content (AvgIpc) is 2.42. The zero-order valence-electron chi connectivity index (χ0n) is 10.9. The maximum atomic E-state index is 11.6. The first-order valence-corrected chi connectivity index (χ1v) is 6.87. The molecule has 6 heteroatoms. The van der Waals surface area contributed by atoms with Crippen LogP contribution in [0.15, 0.2) is 18.3 Å². The molecule has 1 saturated heterocycles. The molecule has 1 aromatic heterocycles. The SMILES string of the molecule is CCOC(=O)N1CCC(Nc2cccnc2Cl)CC1. The minimum atomic E-state index is -0.222. The summed E-state index contributed by atoms with van der Waals surface area (Å²) in [5, 5.41) is 3.85. The highest BCUT2D eigenvalue weighted by Crippen LogP contribution is 2.22. The molecule has 1 aliphatic rings. The van der Waals surface area contributed by atoms with E-state index in [9.17, 15) is 4.79 Å².